The van der Waals surface area contributed by atoms with Crippen molar-refractivity contribution in [1.29, 1.82) is 0 Å². The topological polar surface area (TPSA) is 108 Å². The van der Waals surface area contributed by atoms with Crippen molar-refractivity contribution in [1.82, 2.24) is 5.32 Å². The molecule has 7 aliphatic carbocycles. The highest BCUT2D eigenvalue weighted by Gasteiger charge is 2.72. The van der Waals surface area contributed by atoms with E-state index < -0.39 is 16.2 Å². The van der Waals surface area contributed by atoms with Crippen molar-refractivity contribution in [3.05, 3.63) is 83.9 Å². The Bertz CT molecular complexity index is 2250. The normalized spacial score (nSPS) is 40.7. The number of amides is 1. The number of benzene rings is 2. The molecule has 7 fully saturated rings. The van der Waals surface area contributed by atoms with Gasteiger partial charge < -0.3 is 19.5 Å². The van der Waals surface area contributed by atoms with Crippen LogP contribution in [0, 0.1) is 85.2 Å². The van der Waals surface area contributed by atoms with E-state index in [0.29, 0.717) is 36.5 Å². The summed E-state index contributed by atoms with van der Waals surface area (Å²) in [6.07, 6.45) is 11.1. The van der Waals surface area contributed by atoms with Gasteiger partial charge in [0.1, 0.15) is 19.3 Å². The number of esters is 3. The standard InChI is InChI=1S/C59H81NO7/c1-36(2)39-24-29-59(52(64)60-46-33-43(54(46,5)6)50(62)66-35-38-20-16-13-17-21-38)31-30-57(10)40(48(39)59)22-23-45-56(9)27-26-47(55(7,8)44(56)25-28-58(45,57)11)67-51(63)42-32-41(53(42,3)4)49(61)65-34-37-18-14-12-15-19-37/h12-21,39-48H,1,22-35H2,2-11H3,(H,60,64)/t39?,40-,41+,42-,43?,44+,45-,46?,47+,48-,56+,57-,58-,59+/m1/s1. The minimum atomic E-state index is -0.533. The molecule has 0 bridgehead atoms. The smallest absolute Gasteiger partial charge is 0.309 e. The maximum absolute atomic E-state index is 15.1. The first-order valence-electron chi connectivity index (χ1n) is 26.1. The van der Waals surface area contributed by atoms with Crippen LogP contribution in [0.4, 0.5) is 0 Å². The Morgan fingerprint density at radius 1 is 0.597 bits per heavy atom. The van der Waals surface area contributed by atoms with E-state index in [-0.39, 0.29) is 94.5 Å². The largest absolute Gasteiger partial charge is 0.462 e. The highest BCUT2D eigenvalue weighted by molar-refractivity contribution is 5.85. The van der Waals surface area contributed by atoms with Gasteiger partial charge in [0.25, 0.3) is 0 Å². The van der Waals surface area contributed by atoms with Crippen LogP contribution in [0.1, 0.15) is 157 Å². The van der Waals surface area contributed by atoms with Crippen molar-refractivity contribution in [2.75, 3.05) is 0 Å². The Morgan fingerprint density at radius 2 is 1.18 bits per heavy atom. The second-order valence-electron chi connectivity index (χ2n) is 25.6. The van der Waals surface area contributed by atoms with Gasteiger partial charge in [-0.3, -0.25) is 19.2 Å². The van der Waals surface area contributed by atoms with Crippen molar-refractivity contribution in [2.45, 2.75) is 172 Å². The first-order chi connectivity index (χ1) is 31.5. The van der Waals surface area contributed by atoms with Crippen LogP contribution in [0.3, 0.4) is 0 Å². The molecule has 1 amide bonds. The lowest BCUT2D eigenvalue weighted by Crippen LogP contribution is -2.68. The Kier molecular flexibility index (Phi) is 12.1. The molecule has 0 spiro atoms. The number of carbonyl (C=O) groups is 4. The monoisotopic (exact) mass is 916 g/mol. The Balaban J connectivity index is 0.867. The number of hydrogen-bond donors (Lipinski definition) is 1. The predicted molar refractivity (Wildman–Crippen MR) is 261 cm³/mol. The maximum atomic E-state index is 15.1. The molecule has 1 N–H and O–H groups in total. The average molecular weight is 916 g/mol. The van der Waals surface area contributed by atoms with Crippen molar-refractivity contribution in [2.24, 2.45) is 85.2 Å². The number of rotatable bonds is 11. The first-order valence-corrected chi connectivity index (χ1v) is 26.1. The van der Waals surface area contributed by atoms with Crippen LogP contribution in [-0.4, -0.2) is 36.0 Å². The molecule has 0 aromatic heterocycles. The third kappa shape index (κ3) is 7.47. The summed E-state index contributed by atoms with van der Waals surface area (Å²) in [6.45, 7) is 28.1. The summed E-state index contributed by atoms with van der Waals surface area (Å²) in [5, 5.41) is 3.60. The fraction of sp³-hybridized carbons (Fsp3) is 0.695. The zero-order valence-corrected chi connectivity index (χ0v) is 42.5. The van der Waals surface area contributed by atoms with Gasteiger partial charge in [-0.05, 0) is 152 Å². The van der Waals surface area contributed by atoms with Crippen LogP contribution >= 0.6 is 0 Å². The number of ether oxygens (including phenoxy) is 3. The van der Waals surface area contributed by atoms with Crippen molar-refractivity contribution >= 4 is 23.8 Å². The lowest BCUT2D eigenvalue weighted by Gasteiger charge is -2.73. The molecular formula is C59H81NO7. The van der Waals surface area contributed by atoms with Crippen LogP contribution in [0.25, 0.3) is 0 Å². The molecule has 8 nitrogen and oxygen atoms in total. The molecule has 0 heterocycles. The fourth-order valence-corrected chi connectivity index (χ4v) is 17.2. The molecule has 0 aliphatic heterocycles. The lowest BCUT2D eigenvalue weighted by atomic mass is 9.32. The van der Waals surface area contributed by atoms with Gasteiger partial charge in [-0.25, -0.2) is 0 Å². The van der Waals surface area contributed by atoms with Crippen molar-refractivity contribution < 1.29 is 33.4 Å². The van der Waals surface area contributed by atoms with E-state index in [1.54, 1.807) is 0 Å². The van der Waals surface area contributed by atoms with Gasteiger partial charge >= 0.3 is 17.9 Å². The minimum Gasteiger partial charge on any atom is -0.462 e. The summed E-state index contributed by atoms with van der Waals surface area (Å²) in [6, 6.07) is 19.5. The van der Waals surface area contributed by atoms with Gasteiger partial charge in [0, 0.05) is 11.5 Å². The molecule has 67 heavy (non-hydrogen) atoms. The summed E-state index contributed by atoms with van der Waals surface area (Å²) in [5.41, 5.74) is 1.86. The van der Waals surface area contributed by atoms with Crippen LogP contribution in [0.2, 0.25) is 0 Å². The SMILES string of the molecule is C=C(C)C1CC[C@]2(C(=O)NC3CC(C(=O)OCc4ccccc4)C3(C)C)CC[C@]3(C)[C@H](CC[C@@H]4[C@@]5(C)CC[C@H](OC(=O)[C@H]6C[C@@H](C(=O)OCc7ccccc7)C6(C)C)C(C)(C)[C@@H]5CC[C@]43C)[C@@H]12. The molecule has 0 radical (unpaired) electrons. The van der Waals surface area contributed by atoms with Crippen LogP contribution in [0.5, 0.6) is 0 Å². The predicted octanol–water partition coefficient (Wildman–Crippen LogP) is 12.2. The Morgan fingerprint density at radius 3 is 1.75 bits per heavy atom. The summed E-state index contributed by atoms with van der Waals surface area (Å²) in [5.74, 6) is 0.650. The van der Waals surface area contributed by atoms with E-state index in [1.807, 2.05) is 74.5 Å². The van der Waals surface area contributed by atoms with E-state index in [0.717, 1.165) is 75.3 Å². The number of fused-ring (bicyclic) bond motifs is 7. The van der Waals surface area contributed by atoms with Crippen LogP contribution in [-0.2, 0) is 46.6 Å². The molecule has 7 saturated carbocycles. The molecule has 9 rings (SSSR count). The van der Waals surface area contributed by atoms with Crippen molar-refractivity contribution in [3.63, 3.8) is 0 Å². The Labute approximate surface area is 401 Å². The molecule has 0 saturated heterocycles. The van der Waals surface area contributed by atoms with Crippen molar-refractivity contribution in [3.8, 4) is 0 Å². The summed E-state index contributed by atoms with van der Waals surface area (Å²) in [4.78, 5) is 55.8. The summed E-state index contributed by atoms with van der Waals surface area (Å²) >= 11 is 0. The number of carbonyl (C=O) groups excluding carboxylic acids is 4. The number of nitrogens with one attached hydrogen (secondary N) is 1. The fourth-order valence-electron chi connectivity index (χ4n) is 17.2. The maximum Gasteiger partial charge on any atom is 0.309 e. The first kappa shape index (κ1) is 48.1. The molecule has 2 aromatic rings. The second kappa shape index (κ2) is 16.9. The van der Waals surface area contributed by atoms with Crippen LogP contribution in [0.15, 0.2) is 72.8 Å². The zero-order valence-electron chi connectivity index (χ0n) is 42.5. The van der Waals surface area contributed by atoms with E-state index in [1.165, 1.54) is 5.57 Å². The molecule has 14 atom stereocenters. The van der Waals surface area contributed by atoms with E-state index in [2.05, 4.69) is 67.3 Å². The van der Waals surface area contributed by atoms with Gasteiger partial charge in [0.05, 0.1) is 23.2 Å². The van der Waals surface area contributed by atoms with Gasteiger partial charge in [-0.2, -0.15) is 0 Å². The van der Waals surface area contributed by atoms with Gasteiger partial charge in [0.2, 0.25) is 5.91 Å². The molecule has 3 unspecified atom stereocenters. The third-order valence-electron chi connectivity index (χ3n) is 21.9. The van der Waals surface area contributed by atoms with E-state index >= 15 is 4.79 Å². The number of allylic oxidation sites excluding steroid dienone is 1. The molecular weight excluding hydrogens is 835 g/mol. The minimum absolute atomic E-state index is 0.0712. The third-order valence-corrected chi connectivity index (χ3v) is 21.9. The van der Waals surface area contributed by atoms with E-state index in [4.69, 9.17) is 14.2 Å². The second-order valence-corrected chi connectivity index (χ2v) is 25.6. The molecule has 2 aromatic carbocycles. The summed E-state index contributed by atoms with van der Waals surface area (Å²) < 4.78 is 18.1. The van der Waals surface area contributed by atoms with Crippen LogP contribution < -0.4 is 5.32 Å². The van der Waals surface area contributed by atoms with Gasteiger partial charge in [-0.1, -0.05) is 135 Å². The quantitative estimate of drug-likeness (QED) is 0.136. The molecule has 364 valence electrons. The van der Waals surface area contributed by atoms with Gasteiger partial charge in [-0.15, -0.1) is 0 Å². The average Bonchev–Trinajstić information content (AvgIpc) is 3.69. The van der Waals surface area contributed by atoms with E-state index in [9.17, 15) is 14.4 Å². The molecule has 7 aliphatic rings. The summed E-state index contributed by atoms with van der Waals surface area (Å²) in [7, 11) is 0. The highest BCUT2D eigenvalue weighted by Crippen LogP contribution is 2.78. The highest BCUT2D eigenvalue weighted by atomic mass is 16.5. The number of hydrogen-bond acceptors (Lipinski definition) is 7. The molecule has 8 heteroatoms. The lowest BCUT2D eigenvalue weighted by molar-refractivity contribution is -0.251. The van der Waals surface area contributed by atoms with Gasteiger partial charge in [0.15, 0.2) is 0 Å². The Hall–Kier alpha value is -3.94. The zero-order chi connectivity index (χ0) is 48.1.